The maximum Gasteiger partial charge on any atom is 0.0723 e. The summed E-state index contributed by atoms with van der Waals surface area (Å²) in [6, 6.07) is 0. The first-order valence-electron chi connectivity index (χ1n) is 6.93. The predicted molar refractivity (Wildman–Crippen MR) is 74.0 cm³/mol. The van der Waals surface area contributed by atoms with E-state index in [4.69, 9.17) is 5.11 Å². The van der Waals surface area contributed by atoms with Gasteiger partial charge in [0.15, 0.2) is 0 Å². The molecule has 2 heteroatoms. The Morgan fingerprint density at radius 3 is 2.53 bits per heavy atom. The molecule has 0 rings (SSSR count). The summed E-state index contributed by atoms with van der Waals surface area (Å²) in [6.45, 7) is 2.47. The Morgan fingerprint density at radius 1 is 1.00 bits per heavy atom. The van der Waals surface area contributed by atoms with Crippen molar-refractivity contribution in [3.63, 3.8) is 0 Å². The van der Waals surface area contributed by atoms with Crippen molar-refractivity contribution in [2.45, 2.75) is 64.4 Å². The molecule has 0 amide bonds. The summed E-state index contributed by atoms with van der Waals surface area (Å²) < 4.78 is 0. The molecule has 100 valence electrons. The Labute approximate surface area is 106 Å². The average Bonchev–Trinajstić information content (AvgIpc) is 2.33. The maximum absolute atomic E-state index is 9.60. The molecule has 0 heterocycles. The Balaban J connectivity index is 3.40. The minimum atomic E-state index is -0.291. The second kappa shape index (κ2) is 13.5. The molecular weight excluding hydrogens is 212 g/mol. The van der Waals surface area contributed by atoms with Crippen LogP contribution in [0.5, 0.6) is 0 Å². The minimum Gasteiger partial charge on any atom is -0.396 e. The molecule has 0 aliphatic carbocycles. The van der Waals surface area contributed by atoms with Crippen molar-refractivity contribution >= 4 is 0 Å². The van der Waals surface area contributed by atoms with Crippen molar-refractivity contribution in [2.75, 3.05) is 6.61 Å². The topological polar surface area (TPSA) is 40.5 Å². The molecule has 0 saturated carbocycles. The Morgan fingerprint density at radius 2 is 1.82 bits per heavy atom. The smallest absolute Gasteiger partial charge is 0.0723 e. The third-order valence-corrected chi connectivity index (χ3v) is 2.71. The van der Waals surface area contributed by atoms with E-state index < -0.39 is 0 Å². The molecule has 2 nitrogen and oxygen atoms in total. The lowest BCUT2D eigenvalue weighted by atomic mass is 10.1. The quantitative estimate of drug-likeness (QED) is 0.428. The first kappa shape index (κ1) is 16.4. The molecule has 0 aromatic rings. The van der Waals surface area contributed by atoms with Crippen LogP contribution in [0.2, 0.25) is 0 Å². The van der Waals surface area contributed by atoms with Crippen LogP contribution >= 0.6 is 0 Å². The van der Waals surface area contributed by atoms with Crippen LogP contribution in [0.1, 0.15) is 58.3 Å². The third kappa shape index (κ3) is 13.3. The van der Waals surface area contributed by atoms with Gasteiger partial charge in [-0.1, -0.05) is 56.9 Å². The molecule has 1 atom stereocenters. The fourth-order valence-electron chi connectivity index (χ4n) is 1.62. The van der Waals surface area contributed by atoms with E-state index in [0.717, 1.165) is 38.5 Å². The van der Waals surface area contributed by atoms with Crippen LogP contribution in [-0.4, -0.2) is 22.9 Å². The van der Waals surface area contributed by atoms with Gasteiger partial charge in [-0.3, -0.25) is 0 Å². The van der Waals surface area contributed by atoms with Gasteiger partial charge in [-0.2, -0.15) is 0 Å². The second-order valence-electron chi connectivity index (χ2n) is 4.45. The van der Waals surface area contributed by atoms with Gasteiger partial charge in [0.1, 0.15) is 0 Å². The zero-order valence-corrected chi connectivity index (χ0v) is 11.1. The number of aliphatic hydroxyl groups is 2. The number of aliphatic hydroxyl groups excluding tert-OH is 2. The van der Waals surface area contributed by atoms with Crippen LogP contribution in [0.15, 0.2) is 24.3 Å². The molecule has 0 saturated heterocycles. The zero-order chi connectivity index (χ0) is 12.8. The maximum atomic E-state index is 9.60. The highest BCUT2D eigenvalue weighted by molar-refractivity contribution is 5.04. The molecule has 0 radical (unpaired) electrons. The van der Waals surface area contributed by atoms with Gasteiger partial charge in [0.2, 0.25) is 0 Å². The number of hydrogen-bond donors (Lipinski definition) is 2. The summed E-state index contributed by atoms with van der Waals surface area (Å²) >= 11 is 0. The largest absolute Gasteiger partial charge is 0.396 e. The van der Waals surface area contributed by atoms with Crippen LogP contribution < -0.4 is 0 Å². The van der Waals surface area contributed by atoms with E-state index >= 15 is 0 Å². The Hall–Kier alpha value is -0.600. The lowest BCUT2D eigenvalue weighted by Crippen LogP contribution is -2.00. The van der Waals surface area contributed by atoms with Gasteiger partial charge >= 0.3 is 0 Å². The van der Waals surface area contributed by atoms with Crippen LogP contribution in [-0.2, 0) is 0 Å². The highest BCUT2D eigenvalue weighted by Crippen LogP contribution is 2.04. The van der Waals surface area contributed by atoms with Crippen molar-refractivity contribution in [3.8, 4) is 0 Å². The van der Waals surface area contributed by atoms with Gasteiger partial charge in [0.05, 0.1) is 6.10 Å². The van der Waals surface area contributed by atoms with E-state index in [1.807, 2.05) is 18.2 Å². The lowest BCUT2D eigenvalue weighted by molar-refractivity contribution is 0.208. The first-order valence-corrected chi connectivity index (χ1v) is 6.93. The van der Waals surface area contributed by atoms with Crippen LogP contribution in [0.25, 0.3) is 0 Å². The SMILES string of the molecule is CCCCC[C@H](O)/C=C/C=C\CCCCCO. The number of hydrogen-bond acceptors (Lipinski definition) is 2. The second-order valence-corrected chi connectivity index (χ2v) is 4.45. The fraction of sp³-hybridized carbons (Fsp3) is 0.733. The monoisotopic (exact) mass is 240 g/mol. The summed E-state index contributed by atoms with van der Waals surface area (Å²) in [5, 5.41) is 18.2. The molecule has 0 aliphatic heterocycles. The van der Waals surface area contributed by atoms with E-state index in [2.05, 4.69) is 13.0 Å². The molecular formula is C15H28O2. The first-order chi connectivity index (χ1) is 8.31. The minimum absolute atomic E-state index is 0.291. The molecule has 0 spiro atoms. The third-order valence-electron chi connectivity index (χ3n) is 2.71. The summed E-state index contributed by atoms with van der Waals surface area (Å²) in [5.74, 6) is 0. The van der Waals surface area contributed by atoms with E-state index in [9.17, 15) is 5.11 Å². The highest BCUT2D eigenvalue weighted by Gasteiger charge is 1.96. The van der Waals surface area contributed by atoms with Crippen LogP contribution in [0.4, 0.5) is 0 Å². The predicted octanol–water partition coefficient (Wildman–Crippen LogP) is 3.59. The van der Waals surface area contributed by atoms with E-state index in [1.54, 1.807) is 0 Å². The molecule has 0 aromatic heterocycles. The summed E-state index contributed by atoms with van der Waals surface area (Å²) in [4.78, 5) is 0. The Bertz CT molecular complexity index is 197. The van der Waals surface area contributed by atoms with Crippen molar-refractivity contribution < 1.29 is 10.2 Å². The van der Waals surface area contributed by atoms with Crippen molar-refractivity contribution in [1.29, 1.82) is 0 Å². The fourth-order valence-corrected chi connectivity index (χ4v) is 1.62. The van der Waals surface area contributed by atoms with Crippen molar-refractivity contribution in [3.05, 3.63) is 24.3 Å². The van der Waals surface area contributed by atoms with E-state index in [-0.39, 0.29) is 6.10 Å². The average molecular weight is 240 g/mol. The number of rotatable bonds is 11. The van der Waals surface area contributed by atoms with Gasteiger partial charge in [-0.25, -0.2) is 0 Å². The highest BCUT2D eigenvalue weighted by atomic mass is 16.3. The molecule has 0 bridgehead atoms. The van der Waals surface area contributed by atoms with Gasteiger partial charge < -0.3 is 10.2 Å². The molecule has 2 N–H and O–H groups in total. The van der Waals surface area contributed by atoms with E-state index in [0.29, 0.717) is 6.61 Å². The van der Waals surface area contributed by atoms with E-state index in [1.165, 1.54) is 12.8 Å². The van der Waals surface area contributed by atoms with Crippen LogP contribution in [0, 0.1) is 0 Å². The summed E-state index contributed by atoms with van der Waals surface area (Å²) in [6.07, 6.45) is 16.2. The van der Waals surface area contributed by atoms with Gasteiger partial charge in [0, 0.05) is 6.61 Å². The molecule has 0 aromatic carbocycles. The summed E-state index contributed by atoms with van der Waals surface area (Å²) in [5.41, 5.74) is 0. The van der Waals surface area contributed by atoms with Crippen molar-refractivity contribution in [2.24, 2.45) is 0 Å². The van der Waals surface area contributed by atoms with Gasteiger partial charge in [-0.05, 0) is 25.7 Å². The van der Waals surface area contributed by atoms with Gasteiger partial charge in [-0.15, -0.1) is 0 Å². The molecule has 0 unspecified atom stereocenters. The zero-order valence-electron chi connectivity index (χ0n) is 11.1. The standard InChI is InChI=1S/C15H28O2/c1-2-3-9-12-15(17)13-10-7-5-4-6-8-11-14-16/h5,7,10,13,15-17H,2-4,6,8-9,11-12,14H2,1H3/b7-5-,13-10+/t15-/m0/s1. The number of unbranched alkanes of at least 4 members (excludes halogenated alkanes) is 5. The normalized spacial score (nSPS) is 13.8. The van der Waals surface area contributed by atoms with Crippen molar-refractivity contribution in [1.82, 2.24) is 0 Å². The Kier molecular flexibility index (Phi) is 13.0. The van der Waals surface area contributed by atoms with Gasteiger partial charge in [0.25, 0.3) is 0 Å². The summed E-state index contributed by atoms with van der Waals surface area (Å²) in [7, 11) is 0. The molecule has 0 aliphatic rings. The van der Waals surface area contributed by atoms with Crippen LogP contribution in [0.3, 0.4) is 0 Å². The number of allylic oxidation sites excluding steroid dienone is 3. The lowest BCUT2D eigenvalue weighted by Gasteiger charge is -2.03. The molecule has 17 heavy (non-hydrogen) atoms. The molecule has 0 fully saturated rings.